The molecule has 0 aromatic carbocycles. The Morgan fingerprint density at radius 1 is 1.32 bits per heavy atom. The van der Waals surface area contributed by atoms with Crippen LogP contribution >= 0.6 is 11.8 Å². The minimum absolute atomic E-state index is 0.0225. The number of thioether (sulfide) groups is 1. The van der Waals surface area contributed by atoms with E-state index in [1.165, 1.54) is 0 Å². The molecule has 0 aliphatic carbocycles. The average molecular weight is 281 g/mol. The SMILES string of the molecule is CCCNc1cc(C(=O)NCCSC)cc(CC)n1. The summed E-state index contributed by atoms with van der Waals surface area (Å²) >= 11 is 1.72. The van der Waals surface area contributed by atoms with Crippen molar-refractivity contribution in [3.05, 3.63) is 23.4 Å². The van der Waals surface area contributed by atoms with E-state index < -0.39 is 0 Å². The summed E-state index contributed by atoms with van der Waals surface area (Å²) in [6.45, 7) is 5.71. The number of pyridine rings is 1. The predicted molar refractivity (Wildman–Crippen MR) is 83.1 cm³/mol. The average Bonchev–Trinajstić information content (AvgIpc) is 2.44. The Morgan fingerprint density at radius 3 is 2.74 bits per heavy atom. The van der Waals surface area contributed by atoms with Gasteiger partial charge in [0.1, 0.15) is 5.82 Å². The molecule has 19 heavy (non-hydrogen) atoms. The zero-order valence-electron chi connectivity index (χ0n) is 12.0. The number of anilines is 1. The topological polar surface area (TPSA) is 54.0 Å². The Hall–Kier alpha value is -1.23. The molecule has 1 rings (SSSR count). The normalized spacial score (nSPS) is 10.3. The van der Waals surface area contributed by atoms with E-state index in [1.54, 1.807) is 11.8 Å². The Labute approximate surface area is 119 Å². The van der Waals surface area contributed by atoms with Gasteiger partial charge in [0.15, 0.2) is 0 Å². The number of nitrogens with zero attached hydrogens (tertiary/aromatic N) is 1. The number of hydrogen-bond donors (Lipinski definition) is 2. The first-order valence-corrected chi connectivity index (χ1v) is 8.12. The van der Waals surface area contributed by atoms with E-state index in [4.69, 9.17) is 0 Å². The maximum atomic E-state index is 12.0. The van der Waals surface area contributed by atoms with Gasteiger partial charge in [0.2, 0.25) is 0 Å². The van der Waals surface area contributed by atoms with Gasteiger partial charge in [0.05, 0.1) is 0 Å². The van der Waals surface area contributed by atoms with Crippen molar-refractivity contribution < 1.29 is 4.79 Å². The number of carbonyl (C=O) groups excluding carboxylic acids is 1. The summed E-state index contributed by atoms with van der Waals surface area (Å²) in [7, 11) is 0. The largest absolute Gasteiger partial charge is 0.370 e. The molecule has 4 nitrogen and oxygen atoms in total. The molecule has 0 saturated carbocycles. The number of aryl methyl sites for hydroxylation is 1. The van der Waals surface area contributed by atoms with Gasteiger partial charge in [-0.1, -0.05) is 13.8 Å². The van der Waals surface area contributed by atoms with Crippen molar-refractivity contribution in [3.8, 4) is 0 Å². The second kappa shape index (κ2) is 8.80. The molecular formula is C14H23N3OS. The molecule has 0 atom stereocenters. The molecule has 0 saturated heterocycles. The highest BCUT2D eigenvalue weighted by Gasteiger charge is 2.08. The van der Waals surface area contributed by atoms with Crippen LogP contribution in [0.3, 0.4) is 0 Å². The molecule has 0 aliphatic heterocycles. The van der Waals surface area contributed by atoms with Crippen LogP contribution in [0, 0.1) is 0 Å². The molecule has 2 N–H and O–H groups in total. The summed E-state index contributed by atoms with van der Waals surface area (Å²) in [6, 6.07) is 3.69. The molecule has 0 fully saturated rings. The summed E-state index contributed by atoms with van der Waals surface area (Å²) in [5.41, 5.74) is 1.63. The fourth-order valence-corrected chi connectivity index (χ4v) is 1.92. The lowest BCUT2D eigenvalue weighted by atomic mass is 10.2. The lowest BCUT2D eigenvalue weighted by Gasteiger charge is -2.10. The Morgan fingerprint density at radius 2 is 2.11 bits per heavy atom. The number of rotatable bonds is 8. The van der Waals surface area contributed by atoms with Crippen LogP contribution in [0.1, 0.15) is 36.3 Å². The first kappa shape index (κ1) is 15.8. The van der Waals surface area contributed by atoms with Crippen molar-refractivity contribution in [1.29, 1.82) is 0 Å². The maximum Gasteiger partial charge on any atom is 0.251 e. The van der Waals surface area contributed by atoms with Crippen molar-refractivity contribution in [2.24, 2.45) is 0 Å². The fraction of sp³-hybridized carbons (Fsp3) is 0.571. The number of carbonyl (C=O) groups is 1. The van der Waals surface area contributed by atoms with Crippen LogP contribution in [-0.4, -0.2) is 36.0 Å². The summed E-state index contributed by atoms with van der Waals surface area (Å²) in [6.07, 6.45) is 3.89. The molecule has 106 valence electrons. The van der Waals surface area contributed by atoms with Crippen molar-refractivity contribution in [1.82, 2.24) is 10.3 Å². The number of amides is 1. The molecule has 1 aromatic rings. The quantitative estimate of drug-likeness (QED) is 0.719. The van der Waals surface area contributed by atoms with Crippen molar-refractivity contribution >= 4 is 23.5 Å². The summed E-state index contributed by atoms with van der Waals surface area (Å²) in [5.74, 6) is 1.69. The standard InChI is InChI=1S/C14H23N3OS/c1-4-6-15-13-10-11(9-12(5-2)17-13)14(18)16-7-8-19-3/h9-10H,4-8H2,1-3H3,(H,15,17)(H,16,18). The van der Waals surface area contributed by atoms with Gasteiger partial charge in [-0.05, 0) is 31.2 Å². The first-order valence-electron chi connectivity index (χ1n) is 6.73. The van der Waals surface area contributed by atoms with Crippen LogP contribution in [-0.2, 0) is 6.42 Å². The summed E-state index contributed by atoms with van der Waals surface area (Å²) in [5, 5.41) is 6.16. The van der Waals surface area contributed by atoms with Crippen molar-refractivity contribution in [2.75, 3.05) is 30.4 Å². The molecule has 0 unspecified atom stereocenters. The van der Waals surface area contributed by atoms with Crippen LogP contribution < -0.4 is 10.6 Å². The van der Waals surface area contributed by atoms with Gasteiger partial charge in [-0.15, -0.1) is 0 Å². The van der Waals surface area contributed by atoms with Gasteiger partial charge in [-0.2, -0.15) is 11.8 Å². The number of hydrogen-bond acceptors (Lipinski definition) is 4. The van der Waals surface area contributed by atoms with E-state index in [-0.39, 0.29) is 5.91 Å². The zero-order valence-corrected chi connectivity index (χ0v) is 12.8. The molecule has 0 radical (unpaired) electrons. The lowest BCUT2D eigenvalue weighted by Crippen LogP contribution is -2.26. The molecule has 0 spiro atoms. The number of nitrogens with one attached hydrogen (secondary N) is 2. The fourth-order valence-electron chi connectivity index (χ4n) is 1.61. The summed E-state index contributed by atoms with van der Waals surface area (Å²) in [4.78, 5) is 16.5. The minimum Gasteiger partial charge on any atom is -0.370 e. The van der Waals surface area contributed by atoms with E-state index in [1.807, 2.05) is 25.3 Å². The van der Waals surface area contributed by atoms with E-state index in [0.29, 0.717) is 12.1 Å². The third-order valence-corrected chi connectivity index (χ3v) is 3.26. The molecule has 0 aliphatic rings. The van der Waals surface area contributed by atoms with Crippen LogP contribution in [0.25, 0.3) is 0 Å². The third-order valence-electron chi connectivity index (χ3n) is 2.65. The van der Waals surface area contributed by atoms with E-state index in [9.17, 15) is 4.79 Å². The van der Waals surface area contributed by atoms with E-state index in [2.05, 4.69) is 22.5 Å². The van der Waals surface area contributed by atoms with Crippen molar-refractivity contribution in [3.63, 3.8) is 0 Å². The highest BCUT2D eigenvalue weighted by molar-refractivity contribution is 7.98. The number of aromatic nitrogens is 1. The van der Waals surface area contributed by atoms with Gasteiger partial charge in [-0.3, -0.25) is 4.79 Å². The highest BCUT2D eigenvalue weighted by atomic mass is 32.2. The van der Waals surface area contributed by atoms with Gasteiger partial charge in [-0.25, -0.2) is 4.98 Å². The van der Waals surface area contributed by atoms with E-state index in [0.717, 1.165) is 36.7 Å². The van der Waals surface area contributed by atoms with Gasteiger partial charge >= 0.3 is 0 Å². The smallest absolute Gasteiger partial charge is 0.251 e. The third kappa shape index (κ3) is 5.51. The van der Waals surface area contributed by atoms with Crippen LogP contribution in [0.4, 0.5) is 5.82 Å². The van der Waals surface area contributed by atoms with Gasteiger partial charge in [0, 0.05) is 30.1 Å². The molecule has 1 aromatic heterocycles. The summed E-state index contributed by atoms with van der Waals surface area (Å²) < 4.78 is 0. The Balaban J connectivity index is 2.77. The molecule has 0 bridgehead atoms. The lowest BCUT2D eigenvalue weighted by molar-refractivity contribution is 0.0956. The van der Waals surface area contributed by atoms with Crippen LogP contribution in [0.5, 0.6) is 0 Å². The first-order chi connectivity index (χ1) is 9.21. The van der Waals surface area contributed by atoms with Crippen LogP contribution in [0.2, 0.25) is 0 Å². The highest BCUT2D eigenvalue weighted by Crippen LogP contribution is 2.11. The second-order valence-corrected chi connectivity index (χ2v) is 5.25. The zero-order chi connectivity index (χ0) is 14.1. The molecule has 1 heterocycles. The molecule has 5 heteroatoms. The molecule has 1 amide bonds. The Kier molecular flexibility index (Phi) is 7.33. The monoisotopic (exact) mass is 281 g/mol. The maximum absolute atomic E-state index is 12.0. The van der Waals surface area contributed by atoms with Crippen LogP contribution in [0.15, 0.2) is 12.1 Å². The van der Waals surface area contributed by atoms with Gasteiger partial charge in [0.25, 0.3) is 5.91 Å². The van der Waals surface area contributed by atoms with Crippen molar-refractivity contribution in [2.45, 2.75) is 26.7 Å². The Bertz CT molecular complexity index is 410. The second-order valence-electron chi connectivity index (χ2n) is 4.26. The van der Waals surface area contributed by atoms with Gasteiger partial charge < -0.3 is 10.6 Å². The predicted octanol–water partition coefficient (Wildman–Crippen LogP) is 2.56. The van der Waals surface area contributed by atoms with E-state index >= 15 is 0 Å². The molecular weight excluding hydrogens is 258 g/mol. The minimum atomic E-state index is -0.0225.